The normalized spacial score (nSPS) is 28.1. The summed E-state index contributed by atoms with van der Waals surface area (Å²) in [6, 6.07) is 4.45. The summed E-state index contributed by atoms with van der Waals surface area (Å²) < 4.78 is 43.8. The number of halogens is 4. The van der Waals surface area contributed by atoms with Crippen LogP contribution in [-0.4, -0.2) is 22.7 Å². The molecule has 1 aliphatic carbocycles. The molecule has 4 atom stereocenters. The Kier molecular flexibility index (Phi) is 5.58. The molecule has 0 saturated carbocycles. The topological polar surface area (TPSA) is 38.3 Å². The van der Waals surface area contributed by atoms with Crippen molar-refractivity contribution in [1.29, 1.82) is 0 Å². The number of carbonyl (C=O) groups is 1. The van der Waals surface area contributed by atoms with Crippen LogP contribution in [0.4, 0.5) is 23.7 Å². The van der Waals surface area contributed by atoms with Crippen molar-refractivity contribution in [1.82, 2.24) is 0 Å². The van der Waals surface area contributed by atoms with Crippen molar-refractivity contribution in [3.05, 3.63) is 53.1 Å². The van der Waals surface area contributed by atoms with E-state index < -0.39 is 17.8 Å². The lowest BCUT2D eigenvalue weighted by Crippen LogP contribution is -2.40. The van der Waals surface area contributed by atoms with E-state index in [-0.39, 0.29) is 28.2 Å². The lowest BCUT2D eigenvalue weighted by Gasteiger charge is -2.38. The summed E-state index contributed by atoms with van der Waals surface area (Å²) in [5.74, 6) is -0.0547. The molecule has 1 aliphatic heterocycles. The first kappa shape index (κ1) is 19.2. The number of nitrogens with one attached hydrogen (secondary N) is 1. The van der Waals surface area contributed by atoms with Crippen LogP contribution in [0.3, 0.4) is 0 Å². The van der Waals surface area contributed by atoms with Crippen molar-refractivity contribution in [3.8, 4) is 0 Å². The summed E-state index contributed by atoms with van der Waals surface area (Å²) >= 11 is 7.85. The second kappa shape index (κ2) is 7.56. The first-order chi connectivity index (χ1) is 12.2. The van der Waals surface area contributed by atoms with Gasteiger partial charge in [0.25, 0.3) is 0 Å². The monoisotopic (exact) mass is 403 g/mol. The summed E-state index contributed by atoms with van der Waals surface area (Å²) in [6.45, 7) is 2.05. The van der Waals surface area contributed by atoms with E-state index in [9.17, 15) is 18.0 Å². The smallest absolute Gasteiger partial charge is 0.416 e. The molecule has 0 aromatic heterocycles. The maximum Gasteiger partial charge on any atom is 0.416 e. The fraction of sp³-hybridized carbons (Fsp3) is 0.389. The maximum atomic E-state index is 12.8. The van der Waals surface area contributed by atoms with Gasteiger partial charge in [-0.25, -0.2) is 4.79 Å². The number of ether oxygens (including phenoxy) is 1. The zero-order valence-electron chi connectivity index (χ0n) is 13.8. The first-order valence-corrected chi connectivity index (χ1v) is 9.40. The highest BCUT2D eigenvalue weighted by Crippen LogP contribution is 2.42. The van der Waals surface area contributed by atoms with Crippen LogP contribution in [0, 0.1) is 5.92 Å². The van der Waals surface area contributed by atoms with E-state index in [2.05, 4.69) is 12.2 Å². The van der Waals surface area contributed by atoms with Crippen molar-refractivity contribution in [2.75, 3.05) is 5.32 Å². The van der Waals surface area contributed by atoms with Gasteiger partial charge >= 0.3 is 12.3 Å². The molecule has 1 aromatic rings. The van der Waals surface area contributed by atoms with Crippen molar-refractivity contribution < 1.29 is 22.7 Å². The lowest BCUT2D eigenvalue weighted by atomic mass is 9.90. The number of fused-ring (bicyclic) bond motifs is 1. The standard InChI is InChI=1S/C18H17ClF3NO2S/c1-10-7-15(14-9-12(19)5-6-16(14)26-10)25-17(24)23-13-4-2-3-11(8-13)18(20,21)22/h2-6,8-10,14-16H,7H2,1H3,(H,23,24)/t10-,14+,15+,16+/m1/s1. The summed E-state index contributed by atoms with van der Waals surface area (Å²) in [5.41, 5.74) is -0.790. The van der Waals surface area contributed by atoms with Crippen molar-refractivity contribution in [3.63, 3.8) is 0 Å². The molecule has 0 bridgehead atoms. The van der Waals surface area contributed by atoms with Crippen LogP contribution in [-0.2, 0) is 10.9 Å². The third-order valence-electron chi connectivity index (χ3n) is 4.25. The summed E-state index contributed by atoms with van der Waals surface area (Å²) in [7, 11) is 0. The van der Waals surface area contributed by atoms with Crippen LogP contribution in [0.1, 0.15) is 18.9 Å². The number of hydrogen-bond acceptors (Lipinski definition) is 3. The Morgan fingerprint density at radius 3 is 2.88 bits per heavy atom. The van der Waals surface area contributed by atoms with Crippen LogP contribution in [0.2, 0.25) is 0 Å². The van der Waals surface area contributed by atoms with Crippen LogP contribution in [0.15, 0.2) is 47.5 Å². The van der Waals surface area contributed by atoms with Crippen LogP contribution < -0.4 is 5.32 Å². The van der Waals surface area contributed by atoms with Gasteiger partial charge in [-0.05, 0) is 30.7 Å². The molecule has 8 heteroatoms. The Morgan fingerprint density at radius 1 is 1.38 bits per heavy atom. The van der Waals surface area contributed by atoms with Crippen LogP contribution in [0.25, 0.3) is 0 Å². The number of thioether (sulfide) groups is 1. The van der Waals surface area contributed by atoms with Crippen molar-refractivity contribution >= 4 is 35.1 Å². The van der Waals surface area contributed by atoms with Gasteiger partial charge in [0.05, 0.1) is 5.56 Å². The van der Waals surface area contributed by atoms with Gasteiger partial charge in [-0.2, -0.15) is 24.9 Å². The van der Waals surface area contributed by atoms with E-state index in [1.54, 1.807) is 11.8 Å². The maximum absolute atomic E-state index is 12.8. The van der Waals surface area contributed by atoms with E-state index in [4.69, 9.17) is 16.3 Å². The Balaban J connectivity index is 1.68. The van der Waals surface area contributed by atoms with Gasteiger partial charge in [-0.1, -0.05) is 36.7 Å². The number of rotatable bonds is 2. The van der Waals surface area contributed by atoms with Crippen LogP contribution in [0.5, 0.6) is 0 Å². The number of carbonyl (C=O) groups excluding carboxylic acids is 1. The molecule has 1 fully saturated rings. The van der Waals surface area contributed by atoms with Crippen molar-refractivity contribution in [2.45, 2.75) is 36.1 Å². The average molecular weight is 404 g/mol. The van der Waals surface area contributed by atoms with Gasteiger partial charge < -0.3 is 4.74 Å². The van der Waals surface area contributed by atoms with E-state index >= 15 is 0 Å². The number of amides is 1. The molecule has 1 amide bonds. The van der Waals surface area contributed by atoms with E-state index in [1.807, 2.05) is 18.2 Å². The molecule has 0 unspecified atom stereocenters. The average Bonchev–Trinajstić information content (AvgIpc) is 2.55. The molecule has 1 aromatic carbocycles. The number of allylic oxidation sites excluding steroid dienone is 2. The molecule has 3 rings (SSSR count). The molecule has 1 N–H and O–H groups in total. The summed E-state index contributed by atoms with van der Waals surface area (Å²) in [5, 5.41) is 3.42. The Bertz CT molecular complexity index is 750. The van der Waals surface area contributed by atoms with E-state index in [1.165, 1.54) is 12.1 Å². The van der Waals surface area contributed by atoms with E-state index in [0.717, 1.165) is 12.1 Å². The molecule has 1 heterocycles. The number of hydrogen-bond donors (Lipinski definition) is 1. The highest BCUT2D eigenvalue weighted by Gasteiger charge is 2.38. The first-order valence-electron chi connectivity index (χ1n) is 8.08. The van der Waals surface area contributed by atoms with Gasteiger partial charge in [0.15, 0.2) is 0 Å². The Hall–Kier alpha value is -1.60. The number of alkyl halides is 3. The fourth-order valence-electron chi connectivity index (χ4n) is 3.10. The number of benzene rings is 1. The van der Waals surface area contributed by atoms with Gasteiger partial charge in [0, 0.05) is 27.1 Å². The van der Waals surface area contributed by atoms with Gasteiger partial charge in [-0.15, -0.1) is 0 Å². The minimum absolute atomic E-state index is 0.0386. The number of anilines is 1. The summed E-state index contributed by atoms with van der Waals surface area (Å²) in [4.78, 5) is 12.2. The largest absolute Gasteiger partial charge is 0.445 e. The highest BCUT2D eigenvalue weighted by atomic mass is 35.5. The molecule has 26 heavy (non-hydrogen) atoms. The third kappa shape index (κ3) is 4.57. The van der Waals surface area contributed by atoms with Gasteiger partial charge in [0.1, 0.15) is 6.10 Å². The van der Waals surface area contributed by atoms with Crippen molar-refractivity contribution in [2.24, 2.45) is 5.92 Å². The Labute approximate surface area is 158 Å². The zero-order chi connectivity index (χ0) is 18.9. The molecule has 1 saturated heterocycles. The minimum Gasteiger partial charge on any atom is -0.445 e. The molecular weight excluding hydrogens is 387 g/mol. The molecule has 140 valence electrons. The molecular formula is C18H17ClF3NO2S. The second-order valence-electron chi connectivity index (χ2n) is 6.28. The van der Waals surface area contributed by atoms with Gasteiger partial charge in [-0.3, -0.25) is 5.32 Å². The second-order valence-corrected chi connectivity index (χ2v) is 8.34. The molecule has 0 spiro atoms. The van der Waals surface area contributed by atoms with Crippen LogP contribution >= 0.6 is 23.4 Å². The quantitative estimate of drug-likeness (QED) is 0.675. The SMILES string of the molecule is C[C@@H]1C[C@H](OC(=O)Nc2cccc(C(F)(F)F)c2)[C@@H]2C=C(Cl)C=C[C@@H]2S1. The predicted molar refractivity (Wildman–Crippen MR) is 97.4 cm³/mol. The minimum atomic E-state index is -4.47. The molecule has 3 nitrogen and oxygen atoms in total. The zero-order valence-corrected chi connectivity index (χ0v) is 15.4. The highest BCUT2D eigenvalue weighted by molar-refractivity contribution is 8.00. The third-order valence-corrected chi connectivity index (χ3v) is 5.95. The van der Waals surface area contributed by atoms with Gasteiger partial charge in [0.2, 0.25) is 0 Å². The van der Waals surface area contributed by atoms with E-state index in [0.29, 0.717) is 11.5 Å². The summed E-state index contributed by atoms with van der Waals surface area (Å²) in [6.07, 6.45) is 0.707. The molecule has 2 aliphatic rings. The Morgan fingerprint density at radius 2 is 2.15 bits per heavy atom. The lowest BCUT2D eigenvalue weighted by molar-refractivity contribution is -0.137. The fourth-order valence-corrected chi connectivity index (χ4v) is 4.76. The molecule has 0 radical (unpaired) electrons. The predicted octanol–water partition coefficient (Wildman–Crippen LogP) is 5.83.